The van der Waals surface area contributed by atoms with Crippen LogP contribution < -0.4 is 10.2 Å². The molecule has 1 saturated carbocycles. The predicted molar refractivity (Wildman–Crippen MR) is 66.7 cm³/mol. The normalized spacial score (nSPS) is 17.2. The zero-order chi connectivity index (χ0) is 11.6. The van der Waals surface area contributed by atoms with E-state index in [-0.39, 0.29) is 12.1 Å². The number of hydrogen-bond donors (Lipinski definition) is 2. The molecule has 0 amide bonds. The summed E-state index contributed by atoms with van der Waals surface area (Å²) in [5, 5.41) is 12.6. The summed E-state index contributed by atoms with van der Waals surface area (Å²) in [4.78, 5) is 2.09. The largest absolute Gasteiger partial charge is 0.394 e. The maximum Gasteiger partial charge on any atom is 0.0613 e. The Labute approximate surface area is 97.1 Å². The highest BCUT2D eigenvalue weighted by atomic mass is 16.3. The fraction of sp³-hybridized carbons (Fsp3) is 0.538. The Hall–Kier alpha value is -1.06. The van der Waals surface area contributed by atoms with E-state index in [1.165, 1.54) is 11.3 Å². The topological polar surface area (TPSA) is 35.5 Å². The number of anilines is 1. The molecule has 0 heterocycles. The monoisotopic (exact) mass is 220 g/mol. The van der Waals surface area contributed by atoms with Crippen molar-refractivity contribution in [3.05, 3.63) is 29.8 Å². The summed E-state index contributed by atoms with van der Waals surface area (Å²) >= 11 is 0. The molecule has 88 valence electrons. The van der Waals surface area contributed by atoms with Crippen LogP contribution in [0.1, 0.15) is 18.4 Å². The third kappa shape index (κ3) is 2.54. The minimum atomic E-state index is 0.0280. The zero-order valence-corrected chi connectivity index (χ0v) is 10.0. The van der Waals surface area contributed by atoms with E-state index in [1.807, 2.05) is 14.1 Å². The van der Waals surface area contributed by atoms with Gasteiger partial charge in [-0.05, 0) is 30.5 Å². The van der Waals surface area contributed by atoms with E-state index in [2.05, 4.69) is 34.5 Å². The SMILES string of the molecule is CN(C)c1ccc(CNC2(CO)CC2)cc1. The van der Waals surface area contributed by atoms with Gasteiger partial charge in [-0.2, -0.15) is 0 Å². The number of benzene rings is 1. The van der Waals surface area contributed by atoms with Crippen LogP contribution >= 0.6 is 0 Å². The lowest BCUT2D eigenvalue weighted by atomic mass is 10.2. The highest BCUT2D eigenvalue weighted by Crippen LogP contribution is 2.34. The Morgan fingerprint density at radius 2 is 1.88 bits per heavy atom. The van der Waals surface area contributed by atoms with Crippen LogP contribution in [0.2, 0.25) is 0 Å². The second-order valence-electron chi connectivity index (χ2n) is 4.85. The summed E-state index contributed by atoms with van der Waals surface area (Å²) < 4.78 is 0. The van der Waals surface area contributed by atoms with Crippen LogP contribution in [0.15, 0.2) is 24.3 Å². The van der Waals surface area contributed by atoms with Gasteiger partial charge in [-0.25, -0.2) is 0 Å². The number of aliphatic hydroxyl groups excluding tert-OH is 1. The highest BCUT2D eigenvalue weighted by Gasteiger charge is 2.41. The summed E-state index contributed by atoms with van der Waals surface area (Å²) in [6.45, 7) is 1.09. The first-order valence-electron chi connectivity index (χ1n) is 5.77. The van der Waals surface area contributed by atoms with Gasteiger partial charge in [-0.3, -0.25) is 0 Å². The maximum absolute atomic E-state index is 9.18. The lowest BCUT2D eigenvalue weighted by molar-refractivity contribution is 0.229. The van der Waals surface area contributed by atoms with E-state index >= 15 is 0 Å². The van der Waals surface area contributed by atoms with Crippen LogP contribution in [0.25, 0.3) is 0 Å². The van der Waals surface area contributed by atoms with Crippen molar-refractivity contribution in [2.75, 3.05) is 25.6 Å². The van der Waals surface area contributed by atoms with E-state index in [0.29, 0.717) is 0 Å². The molecule has 2 N–H and O–H groups in total. The lowest BCUT2D eigenvalue weighted by Gasteiger charge is -2.15. The lowest BCUT2D eigenvalue weighted by Crippen LogP contribution is -2.34. The van der Waals surface area contributed by atoms with Gasteiger partial charge in [0.2, 0.25) is 0 Å². The highest BCUT2D eigenvalue weighted by molar-refractivity contribution is 5.45. The summed E-state index contributed by atoms with van der Waals surface area (Å²) in [5.41, 5.74) is 2.51. The molecular weight excluding hydrogens is 200 g/mol. The molecule has 16 heavy (non-hydrogen) atoms. The van der Waals surface area contributed by atoms with Crippen molar-refractivity contribution in [1.82, 2.24) is 5.32 Å². The van der Waals surface area contributed by atoms with Gasteiger partial charge < -0.3 is 15.3 Å². The molecule has 0 bridgehead atoms. The molecule has 0 spiro atoms. The van der Waals surface area contributed by atoms with Gasteiger partial charge in [-0.1, -0.05) is 12.1 Å². The number of nitrogens with one attached hydrogen (secondary N) is 1. The molecule has 1 aromatic rings. The van der Waals surface area contributed by atoms with Gasteiger partial charge in [0.25, 0.3) is 0 Å². The van der Waals surface area contributed by atoms with Crippen LogP contribution in [0.4, 0.5) is 5.69 Å². The number of aliphatic hydroxyl groups is 1. The first-order valence-corrected chi connectivity index (χ1v) is 5.77. The van der Waals surface area contributed by atoms with Crippen LogP contribution in [0, 0.1) is 0 Å². The second-order valence-corrected chi connectivity index (χ2v) is 4.85. The molecule has 3 nitrogen and oxygen atoms in total. The van der Waals surface area contributed by atoms with Crippen molar-refractivity contribution in [1.29, 1.82) is 0 Å². The van der Waals surface area contributed by atoms with Gasteiger partial charge in [-0.15, -0.1) is 0 Å². The first-order chi connectivity index (χ1) is 7.65. The van der Waals surface area contributed by atoms with Crippen LogP contribution in [-0.4, -0.2) is 31.3 Å². The zero-order valence-electron chi connectivity index (χ0n) is 10.0. The average molecular weight is 220 g/mol. The first kappa shape index (κ1) is 11.4. The summed E-state index contributed by atoms with van der Waals surface area (Å²) in [6.07, 6.45) is 2.19. The molecule has 1 aliphatic carbocycles. The molecule has 0 aliphatic heterocycles. The fourth-order valence-corrected chi connectivity index (χ4v) is 1.74. The summed E-state index contributed by atoms with van der Waals surface area (Å²) in [5.74, 6) is 0. The third-order valence-corrected chi connectivity index (χ3v) is 3.28. The van der Waals surface area contributed by atoms with Crippen molar-refractivity contribution >= 4 is 5.69 Å². The quantitative estimate of drug-likeness (QED) is 0.786. The predicted octanol–water partition coefficient (Wildman–Crippen LogP) is 1.37. The van der Waals surface area contributed by atoms with Crippen LogP contribution in [0.3, 0.4) is 0 Å². The molecule has 0 saturated heterocycles. The average Bonchev–Trinajstić information content (AvgIpc) is 3.08. The Bertz CT molecular complexity index is 341. The minimum Gasteiger partial charge on any atom is -0.394 e. The number of hydrogen-bond acceptors (Lipinski definition) is 3. The van der Waals surface area contributed by atoms with Crippen LogP contribution in [-0.2, 0) is 6.54 Å². The van der Waals surface area contributed by atoms with Crippen molar-refractivity contribution in [3.8, 4) is 0 Å². The summed E-state index contributed by atoms with van der Waals surface area (Å²) in [7, 11) is 4.08. The molecule has 0 atom stereocenters. The Balaban J connectivity index is 1.90. The van der Waals surface area contributed by atoms with Crippen molar-refractivity contribution in [2.45, 2.75) is 24.9 Å². The van der Waals surface area contributed by atoms with Gasteiger partial charge in [0.05, 0.1) is 6.61 Å². The molecule has 3 heteroatoms. The van der Waals surface area contributed by atoms with Crippen molar-refractivity contribution < 1.29 is 5.11 Å². The molecule has 0 unspecified atom stereocenters. The molecular formula is C13H20N2O. The Morgan fingerprint density at radius 1 is 1.25 bits per heavy atom. The molecule has 0 radical (unpaired) electrons. The van der Waals surface area contributed by atoms with E-state index in [9.17, 15) is 5.11 Å². The maximum atomic E-state index is 9.18. The van der Waals surface area contributed by atoms with E-state index in [4.69, 9.17) is 0 Å². The molecule has 1 fully saturated rings. The summed E-state index contributed by atoms with van der Waals surface area (Å²) in [6, 6.07) is 8.51. The molecule has 0 aromatic heterocycles. The third-order valence-electron chi connectivity index (χ3n) is 3.28. The molecule has 2 rings (SSSR count). The van der Waals surface area contributed by atoms with E-state index in [0.717, 1.165) is 19.4 Å². The van der Waals surface area contributed by atoms with Gasteiger partial charge >= 0.3 is 0 Å². The Kier molecular flexibility index (Phi) is 3.17. The number of rotatable bonds is 5. The minimum absolute atomic E-state index is 0.0280. The smallest absolute Gasteiger partial charge is 0.0613 e. The van der Waals surface area contributed by atoms with Gasteiger partial charge in [0, 0.05) is 31.9 Å². The van der Waals surface area contributed by atoms with Crippen molar-refractivity contribution in [3.63, 3.8) is 0 Å². The fourth-order valence-electron chi connectivity index (χ4n) is 1.74. The molecule has 1 aliphatic rings. The van der Waals surface area contributed by atoms with E-state index < -0.39 is 0 Å². The van der Waals surface area contributed by atoms with Gasteiger partial charge in [0.1, 0.15) is 0 Å². The second kappa shape index (κ2) is 4.44. The van der Waals surface area contributed by atoms with Gasteiger partial charge in [0.15, 0.2) is 0 Å². The van der Waals surface area contributed by atoms with Crippen LogP contribution in [0.5, 0.6) is 0 Å². The standard InChI is InChI=1S/C13H20N2O/c1-15(2)12-5-3-11(4-6-12)9-14-13(10-16)7-8-13/h3-6,14,16H,7-10H2,1-2H3. The Morgan fingerprint density at radius 3 is 2.31 bits per heavy atom. The van der Waals surface area contributed by atoms with E-state index in [1.54, 1.807) is 0 Å². The molecule has 1 aromatic carbocycles. The number of nitrogens with zero attached hydrogens (tertiary/aromatic N) is 1. The van der Waals surface area contributed by atoms with Crippen molar-refractivity contribution in [2.24, 2.45) is 0 Å².